The van der Waals surface area contributed by atoms with Crippen LogP contribution in [0, 0.1) is 23.5 Å². The van der Waals surface area contributed by atoms with Crippen LogP contribution in [0.15, 0.2) is 12.1 Å². The van der Waals surface area contributed by atoms with Gasteiger partial charge >= 0.3 is 6.09 Å². The van der Waals surface area contributed by atoms with E-state index in [-0.39, 0.29) is 48.0 Å². The van der Waals surface area contributed by atoms with Crippen molar-refractivity contribution in [2.45, 2.75) is 18.9 Å². The van der Waals surface area contributed by atoms with Gasteiger partial charge in [0.2, 0.25) is 5.91 Å². The molecule has 2 unspecified atom stereocenters. The molecule has 26 heavy (non-hydrogen) atoms. The monoisotopic (exact) mass is 384 g/mol. The summed E-state index contributed by atoms with van der Waals surface area (Å²) in [6.45, 7) is 1.59. The molecule has 1 N–H and O–H groups in total. The lowest BCUT2D eigenvalue weighted by Gasteiger charge is -2.16. The van der Waals surface area contributed by atoms with Gasteiger partial charge in [0.25, 0.3) is 0 Å². The van der Waals surface area contributed by atoms with Crippen LogP contribution in [0.2, 0.25) is 0 Å². The first-order valence-corrected chi connectivity index (χ1v) is 9.90. The van der Waals surface area contributed by atoms with Gasteiger partial charge in [-0.1, -0.05) is 11.2 Å². The van der Waals surface area contributed by atoms with Crippen molar-refractivity contribution < 1.29 is 27.7 Å². The van der Waals surface area contributed by atoms with E-state index < -0.39 is 35.0 Å². The van der Waals surface area contributed by atoms with Crippen molar-refractivity contribution in [3.05, 3.63) is 29.3 Å². The van der Waals surface area contributed by atoms with Gasteiger partial charge in [-0.15, -0.1) is 0 Å². The maximum absolute atomic E-state index is 14.6. The SMILES string of the molecule is CC(=O)NC[C@H]1CN(c2cc(F)c(C3[C@H]4C[S+]([O-])C[C@@H]34)c(F)c2)C(=O)O1. The number of carbonyl (C=O) groups excluding carboxylic acids is 2. The number of halogens is 2. The Hall–Kier alpha value is -1.87. The van der Waals surface area contributed by atoms with E-state index in [1.165, 1.54) is 6.92 Å². The Morgan fingerprint density at radius 2 is 1.96 bits per heavy atom. The molecule has 3 fully saturated rings. The van der Waals surface area contributed by atoms with Crippen LogP contribution in [-0.2, 0) is 20.7 Å². The van der Waals surface area contributed by atoms with E-state index >= 15 is 0 Å². The molecule has 0 aromatic heterocycles. The zero-order chi connectivity index (χ0) is 18.6. The van der Waals surface area contributed by atoms with Crippen molar-refractivity contribution >= 4 is 28.9 Å². The summed E-state index contributed by atoms with van der Waals surface area (Å²) in [5.41, 5.74) is 0.122. The predicted molar refractivity (Wildman–Crippen MR) is 90.3 cm³/mol. The molecular formula is C17H18F2N2O4S. The van der Waals surface area contributed by atoms with E-state index in [0.717, 1.165) is 17.0 Å². The maximum atomic E-state index is 14.6. The van der Waals surface area contributed by atoms with Crippen molar-refractivity contribution in [3.63, 3.8) is 0 Å². The van der Waals surface area contributed by atoms with Crippen LogP contribution in [0.3, 0.4) is 0 Å². The fourth-order valence-electron chi connectivity index (χ4n) is 3.97. The zero-order valence-corrected chi connectivity index (χ0v) is 14.9. The summed E-state index contributed by atoms with van der Waals surface area (Å²) in [5, 5.41) is 2.55. The second-order valence-electron chi connectivity index (χ2n) is 7.00. The molecule has 140 valence electrons. The number of carbonyl (C=O) groups is 2. The Labute approximate surface area is 152 Å². The van der Waals surface area contributed by atoms with Gasteiger partial charge in [-0.05, 0) is 12.1 Å². The molecule has 1 saturated carbocycles. The number of amides is 2. The highest BCUT2D eigenvalue weighted by atomic mass is 32.2. The number of nitrogens with zero attached hydrogens (tertiary/aromatic N) is 1. The number of fused-ring (bicyclic) bond motifs is 1. The van der Waals surface area contributed by atoms with Gasteiger partial charge < -0.3 is 14.6 Å². The highest BCUT2D eigenvalue weighted by molar-refractivity contribution is 7.91. The number of hydrogen-bond acceptors (Lipinski definition) is 4. The molecule has 2 amide bonds. The molecule has 6 nitrogen and oxygen atoms in total. The van der Waals surface area contributed by atoms with Gasteiger partial charge in [-0.25, -0.2) is 13.6 Å². The molecule has 0 spiro atoms. The van der Waals surface area contributed by atoms with E-state index in [1.54, 1.807) is 0 Å². The zero-order valence-electron chi connectivity index (χ0n) is 14.0. The van der Waals surface area contributed by atoms with Gasteiger partial charge in [0.05, 0.1) is 18.8 Å². The minimum atomic E-state index is -0.876. The number of ether oxygens (including phenoxy) is 1. The predicted octanol–water partition coefficient (Wildman–Crippen LogP) is 1.52. The summed E-state index contributed by atoms with van der Waals surface area (Å²) in [5.74, 6) is -0.685. The van der Waals surface area contributed by atoms with Crippen molar-refractivity contribution in [3.8, 4) is 0 Å². The van der Waals surface area contributed by atoms with Crippen molar-refractivity contribution in [2.75, 3.05) is 29.5 Å². The summed E-state index contributed by atoms with van der Waals surface area (Å²) in [7, 11) is 0. The van der Waals surface area contributed by atoms with Crippen LogP contribution in [0.4, 0.5) is 19.3 Å². The summed E-state index contributed by atoms with van der Waals surface area (Å²) in [6.07, 6.45) is -1.28. The highest BCUT2D eigenvalue weighted by Gasteiger charge is 2.61. The lowest BCUT2D eigenvalue weighted by Crippen LogP contribution is -2.33. The van der Waals surface area contributed by atoms with Crippen molar-refractivity contribution in [1.82, 2.24) is 5.32 Å². The van der Waals surface area contributed by atoms with E-state index in [0.29, 0.717) is 11.5 Å². The first-order valence-electron chi connectivity index (χ1n) is 8.41. The molecule has 3 aliphatic rings. The molecule has 9 heteroatoms. The third-order valence-electron chi connectivity index (χ3n) is 5.25. The topological polar surface area (TPSA) is 81.7 Å². The molecule has 1 aliphatic carbocycles. The molecule has 2 heterocycles. The Morgan fingerprint density at radius 3 is 2.54 bits per heavy atom. The minimum Gasteiger partial charge on any atom is -0.616 e. The van der Waals surface area contributed by atoms with Crippen LogP contribution >= 0.6 is 0 Å². The summed E-state index contributed by atoms with van der Waals surface area (Å²) < 4.78 is 45.7. The van der Waals surface area contributed by atoms with E-state index in [2.05, 4.69) is 5.32 Å². The average Bonchev–Trinajstić information content (AvgIpc) is 2.91. The average molecular weight is 384 g/mol. The van der Waals surface area contributed by atoms with Crippen molar-refractivity contribution in [2.24, 2.45) is 11.8 Å². The molecular weight excluding hydrogens is 366 g/mol. The van der Waals surface area contributed by atoms with E-state index in [4.69, 9.17) is 4.74 Å². The second-order valence-corrected chi connectivity index (χ2v) is 8.55. The largest absolute Gasteiger partial charge is 0.616 e. The summed E-state index contributed by atoms with van der Waals surface area (Å²) in [6, 6.07) is 2.29. The molecule has 5 atom stereocenters. The number of anilines is 1. The molecule has 2 aliphatic heterocycles. The number of cyclic esters (lactones) is 1. The Morgan fingerprint density at radius 1 is 1.35 bits per heavy atom. The molecule has 0 radical (unpaired) electrons. The number of nitrogens with one attached hydrogen (secondary N) is 1. The molecule has 1 aromatic rings. The van der Waals surface area contributed by atoms with Gasteiger partial charge in [-0.2, -0.15) is 0 Å². The summed E-state index contributed by atoms with van der Waals surface area (Å²) in [4.78, 5) is 24.1. The van der Waals surface area contributed by atoms with Gasteiger partial charge in [0, 0.05) is 30.2 Å². The number of benzene rings is 1. The molecule has 1 aromatic carbocycles. The van der Waals surface area contributed by atoms with Gasteiger partial charge in [0.1, 0.15) is 29.2 Å². The Balaban J connectivity index is 1.50. The van der Waals surface area contributed by atoms with Crippen LogP contribution in [0.5, 0.6) is 0 Å². The standard InChI is InChI=1S/C17H18F2N2O4S/c1-8(22)20-4-10-5-21(17(23)25-10)9-2-13(18)16(14(19)3-9)15-11-6-26(24)7-12(11)15/h2-3,10-12,15H,4-7H2,1H3,(H,20,22)/t10-,11-,12+,15?,26?/m0/s1. The van der Waals surface area contributed by atoms with E-state index in [1.807, 2.05) is 0 Å². The minimum absolute atomic E-state index is 0.0304. The van der Waals surface area contributed by atoms with Gasteiger partial charge in [0.15, 0.2) is 0 Å². The number of hydrogen-bond donors (Lipinski definition) is 1. The Bertz CT molecular complexity index is 742. The highest BCUT2D eigenvalue weighted by Crippen LogP contribution is 2.60. The van der Waals surface area contributed by atoms with Crippen LogP contribution < -0.4 is 10.2 Å². The third kappa shape index (κ3) is 3.03. The normalized spacial score (nSPS) is 32.4. The van der Waals surface area contributed by atoms with Crippen LogP contribution in [-0.4, -0.2) is 47.3 Å². The number of rotatable bonds is 4. The fourth-order valence-corrected chi connectivity index (χ4v) is 5.87. The van der Waals surface area contributed by atoms with Crippen LogP contribution in [0.1, 0.15) is 18.4 Å². The maximum Gasteiger partial charge on any atom is 0.414 e. The lowest BCUT2D eigenvalue weighted by molar-refractivity contribution is -0.119. The Kier molecular flexibility index (Phi) is 4.31. The lowest BCUT2D eigenvalue weighted by atomic mass is 10.1. The first-order chi connectivity index (χ1) is 12.3. The quantitative estimate of drug-likeness (QED) is 0.798. The molecule has 0 bridgehead atoms. The second kappa shape index (κ2) is 6.38. The van der Waals surface area contributed by atoms with Crippen LogP contribution in [0.25, 0.3) is 0 Å². The van der Waals surface area contributed by atoms with Crippen molar-refractivity contribution in [1.29, 1.82) is 0 Å². The third-order valence-corrected chi connectivity index (χ3v) is 6.76. The first kappa shape index (κ1) is 17.5. The van der Waals surface area contributed by atoms with Gasteiger partial charge in [-0.3, -0.25) is 9.69 Å². The summed E-state index contributed by atoms with van der Waals surface area (Å²) >= 11 is -0.876. The van der Waals surface area contributed by atoms with E-state index in [9.17, 15) is 22.9 Å². The fraction of sp³-hybridized carbons (Fsp3) is 0.529. The molecule has 2 saturated heterocycles. The molecule has 4 rings (SSSR count). The smallest absolute Gasteiger partial charge is 0.414 e.